The lowest BCUT2D eigenvalue weighted by atomic mass is 9.87. The highest BCUT2D eigenvalue weighted by Gasteiger charge is 2.87. The standard InChI is InChI=1S/C31H29NO7S/c1-30(2)25(27(34)39-24(21-14-8-4-9-15-21)22-16-10-5-11-17-22)32-28(35)31(29(32)40(30,36)37)18-23(31)26(33)38-19-20-12-6-3-7-13-20/h3-17,23-25,29H,18-19H2,1-2H3/t23-,25-,29+,31+/m0/s1. The molecule has 0 unspecified atom stereocenters. The Labute approximate surface area is 232 Å². The van der Waals surface area contributed by atoms with Crippen LogP contribution in [0.3, 0.4) is 0 Å². The fourth-order valence-electron chi connectivity index (χ4n) is 6.17. The number of amides is 1. The predicted octanol–water partition coefficient (Wildman–Crippen LogP) is 3.81. The molecule has 2 saturated heterocycles. The summed E-state index contributed by atoms with van der Waals surface area (Å²) in [6.45, 7) is 2.92. The van der Waals surface area contributed by atoms with Crippen LogP contribution in [0.15, 0.2) is 91.0 Å². The number of nitrogens with zero attached hydrogens (tertiary/aromatic N) is 1. The molecule has 1 aliphatic carbocycles. The first-order chi connectivity index (χ1) is 19.1. The van der Waals surface area contributed by atoms with Crippen molar-refractivity contribution in [3.05, 3.63) is 108 Å². The molecule has 6 rings (SSSR count). The summed E-state index contributed by atoms with van der Waals surface area (Å²) in [5.41, 5.74) is 0.826. The van der Waals surface area contributed by atoms with Gasteiger partial charge in [-0.05, 0) is 37.0 Å². The van der Waals surface area contributed by atoms with Crippen LogP contribution in [-0.2, 0) is 40.3 Å². The second-order valence-corrected chi connectivity index (χ2v) is 13.7. The lowest BCUT2D eigenvalue weighted by Crippen LogP contribution is -2.66. The zero-order valence-corrected chi connectivity index (χ0v) is 22.9. The predicted molar refractivity (Wildman–Crippen MR) is 145 cm³/mol. The zero-order valence-electron chi connectivity index (χ0n) is 22.1. The van der Waals surface area contributed by atoms with Crippen LogP contribution in [-0.4, -0.2) is 47.3 Å². The molecule has 2 aliphatic heterocycles. The highest BCUT2D eigenvalue weighted by atomic mass is 32.2. The quantitative estimate of drug-likeness (QED) is 0.320. The Morgan fingerprint density at radius 1 is 0.875 bits per heavy atom. The third-order valence-electron chi connectivity index (χ3n) is 8.46. The summed E-state index contributed by atoms with van der Waals surface area (Å²) in [6.07, 6.45) is -0.714. The van der Waals surface area contributed by atoms with E-state index in [0.717, 1.165) is 10.5 Å². The molecular weight excluding hydrogens is 530 g/mol. The summed E-state index contributed by atoms with van der Waals surface area (Å²) in [5, 5.41) is -1.28. The van der Waals surface area contributed by atoms with E-state index in [2.05, 4.69) is 0 Å². The van der Waals surface area contributed by atoms with Crippen LogP contribution >= 0.6 is 0 Å². The summed E-state index contributed by atoms with van der Waals surface area (Å²) in [6, 6.07) is 26.0. The van der Waals surface area contributed by atoms with Crippen molar-refractivity contribution in [2.24, 2.45) is 11.3 Å². The zero-order chi connectivity index (χ0) is 28.3. The average molecular weight is 560 g/mol. The Morgan fingerprint density at radius 2 is 1.40 bits per heavy atom. The molecule has 0 bridgehead atoms. The minimum Gasteiger partial charge on any atom is -0.461 e. The molecule has 1 spiro atoms. The average Bonchev–Trinajstić information content (AvgIpc) is 3.71. The Kier molecular flexibility index (Phi) is 6.10. The summed E-state index contributed by atoms with van der Waals surface area (Å²) in [5.74, 6) is -2.80. The van der Waals surface area contributed by atoms with E-state index >= 15 is 0 Å². The molecule has 0 aromatic heterocycles. The van der Waals surface area contributed by atoms with E-state index in [1.54, 1.807) is 0 Å². The number of β-lactam (4-membered cyclic amide) rings is 1. The van der Waals surface area contributed by atoms with Crippen LogP contribution < -0.4 is 0 Å². The van der Waals surface area contributed by atoms with Gasteiger partial charge < -0.3 is 14.4 Å². The van der Waals surface area contributed by atoms with Crippen LogP contribution in [0.2, 0.25) is 0 Å². The molecule has 3 aromatic carbocycles. The van der Waals surface area contributed by atoms with Crippen molar-refractivity contribution in [1.82, 2.24) is 4.90 Å². The molecular formula is C31H29NO7S. The lowest BCUT2D eigenvalue weighted by molar-refractivity contribution is -0.173. The van der Waals surface area contributed by atoms with Gasteiger partial charge in [-0.1, -0.05) is 91.0 Å². The van der Waals surface area contributed by atoms with Crippen LogP contribution in [0, 0.1) is 11.3 Å². The molecule has 4 atom stereocenters. The Balaban J connectivity index is 1.25. The fourth-order valence-corrected chi connectivity index (χ4v) is 8.69. The van der Waals surface area contributed by atoms with Crippen molar-refractivity contribution < 1.29 is 32.3 Å². The molecule has 3 fully saturated rings. The third kappa shape index (κ3) is 3.78. The minimum atomic E-state index is -4.04. The number of carbonyl (C=O) groups is 3. The number of sulfone groups is 1. The molecule has 8 nitrogen and oxygen atoms in total. The van der Waals surface area contributed by atoms with Gasteiger partial charge in [-0.25, -0.2) is 13.2 Å². The third-order valence-corrected chi connectivity index (χ3v) is 11.4. The monoisotopic (exact) mass is 559 g/mol. The smallest absolute Gasteiger partial charge is 0.331 e. The van der Waals surface area contributed by atoms with Crippen molar-refractivity contribution in [2.75, 3.05) is 0 Å². The molecule has 1 saturated carbocycles. The Morgan fingerprint density at radius 3 is 1.95 bits per heavy atom. The normalized spacial score (nSPS) is 27.1. The van der Waals surface area contributed by atoms with E-state index in [0.29, 0.717) is 11.1 Å². The molecule has 206 valence electrons. The first kappa shape index (κ1) is 26.3. The molecule has 1 amide bonds. The summed E-state index contributed by atoms with van der Waals surface area (Å²) >= 11 is 0. The first-order valence-electron chi connectivity index (χ1n) is 13.2. The number of ether oxygens (including phenoxy) is 2. The van der Waals surface area contributed by atoms with Crippen molar-refractivity contribution in [3.63, 3.8) is 0 Å². The topological polar surface area (TPSA) is 107 Å². The number of fused-ring (bicyclic) bond motifs is 2. The second-order valence-electron chi connectivity index (χ2n) is 11.1. The van der Waals surface area contributed by atoms with Gasteiger partial charge in [-0.3, -0.25) is 9.59 Å². The van der Waals surface area contributed by atoms with E-state index in [4.69, 9.17) is 9.47 Å². The maximum absolute atomic E-state index is 13.8. The van der Waals surface area contributed by atoms with E-state index < -0.39 is 61.3 Å². The summed E-state index contributed by atoms with van der Waals surface area (Å²) in [4.78, 5) is 41.4. The molecule has 40 heavy (non-hydrogen) atoms. The molecule has 9 heteroatoms. The number of hydrogen-bond acceptors (Lipinski definition) is 7. The molecule has 0 radical (unpaired) electrons. The fraction of sp³-hybridized carbons (Fsp3) is 0.323. The maximum Gasteiger partial charge on any atom is 0.331 e. The number of esters is 2. The molecule has 0 N–H and O–H groups in total. The van der Waals surface area contributed by atoms with Crippen molar-refractivity contribution in [3.8, 4) is 0 Å². The summed E-state index contributed by atoms with van der Waals surface area (Å²) in [7, 11) is -4.04. The van der Waals surface area contributed by atoms with Crippen molar-refractivity contribution >= 4 is 27.7 Å². The molecule has 3 aliphatic rings. The first-order valence-corrected chi connectivity index (χ1v) is 14.7. The lowest BCUT2D eigenvalue weighted by Gasteiger charge is -2.44. The SMILES string of the molecule is CC1(C)[C@H](C(=O)OC(c2ccccc2)c2ccccc2)N2C(=O)[C@]3(C[C@H]3C(=O)OCc3ccccc3)[C@H]2S1(=O)=O. The van der Waals surface area contributed by atoms with Gasteiger partial charge in [0.15, 0.2) is 21.3 Å². The van der Waals surface area contributed by atoms with Crippen LogP contribution in [0.1, 0.15) is 43.1 Å². The van der Waals surface area contributed by atoms with Crippen LogP contribution in [0.25, 0.3) is 0 Å². The number of benzene rings is 3. The van der Waals surface area contributed by atoms with Gasteiger partial charge in [0.2, 0.25) is 5.91 Å². The van der Waals surface area contributed by atoms with Gasteiger partial charge in [-0.15, -0.1) is 0 Å². The van der Waals surface area contributed by atoms with Crippen molar-refractivity contribution in [1.29, 1.82) is 0 Å². The van der Waals surface area contributed by atoms with E-state index in [-0.39, 0.29) is 13.0 Å². The molecule has 3 aromatic rings. The van der Waals surface area contributed by atoms with E-state index in [1.165, 1.54) is 13.8 Å². The number of hydrogen-bond donors (Lipinski definition) is 0. The van der Waals surface area contributed by atoms with Gasteiger partial charge in [0.1, 0.15) is 12.6 Å². The van der Waals surface area contributed by atoms with Gasteiger partial charge in [0.05, 0.1) is 16.1 Å². The molecule has 2 heterocycles. The highest BCUT2D eigenvalue weighted by Crippen LogP contribution is 2.70. The number of carbonyl (C=O) groups excluding carboxylic acids is 3. The van der Waals surface area contributed by atoms with E-state index in [9.17, 15) is 22.8 Å². The van der Waals surface area contributed by atoms with E-state index in [1.807, 2.05) is 91.0 Å². The van der Waals surface area contributed by atoms with Crippen molar-refractivity contribution in [2.45, 2.75) is 49.1 Å². The minimum absolute atomic E-state index is 0.0301. The largest absolute Gasteiger partial charge is 0.461 e. The number of rotatable bonds is 7. The highest BCUT2D eigenvalue weighted by molar-refractivity contribution is 7.94. The van der Waals surface area contributed by atoms with Crippen LogP contribution in [0.4, 0.5) is 0 Å². The van der Waals surface area contributed by atoms with Gasteiger partial charge in [0, 0.05) is 0 Å². The van der Waals surface area contributed by atoms with Gasteiger partial charge >= 0.3 is 11.9 Å². The second kappa shape index (κ2) is 9.30. The van der Waals surface area contributed by atoms with Gasteiger partial charge in [0.25, 0.3) is 0 Å². The Bertz CT molecular complexity index is 1530. The Hall–Kier alpha value is -3.98. The maximum atomic E-state index is 13.8. The summed E-state index contributed by atoms with van der Waals surface area (Å²) < 4.78 is 37.4. The van der Waals surface area contributed by atoms with Crippen LogP contribution in [0.5, 0.6) is 0 Å². The van der Waals surface area contributed by atoms with Gasteiger partial charge in [-0.2, -0.15) is 0 Å².